The third-order valence-corrected chi connectivity index (χ3v) is 6.00. The third kappa shape index (κ3) is 5.74. The van der Waals surface area contributed by atoms with Crippen molar-refractivity contribution >= 4 is 50.4 Å². The van der Waals surface area contributed by atoms with Crippen LogP contribution in [0.1, 0.15) is 12.5 Å². The summed E-state index contributed by atoms with van der Waals surface area (Å²) in [6, 6.07) is 4.51. The number of nitrogens with zero attached hydrogens (tertiary/aromatic N) is 1. The van der Waals surface area contributed by atoms with E-state index < -0.39 is 22.0 Å². The summed E-state index contributed by atoms with van der Waals surface area (Å²) in [4.78, 5) is 0.278. The second-order valence-electron chi connectivity index (χ2n) is 5.26. The molecule has 1 aromatic carbocycles. The molecule has 27 heavy (non-hydrogen) atoms. The van der Waals surface area contributed by atoms with Crippen LogP contribution in [0.25, 0.3) is 10.4 Å². The quantitative estimate of drug-likeness (QED) is 0.376. The lowest BCUT2D eigenvalue weighted by Crippen LogP contribution is -2.26. The van der Waals surface area contributed by atoms with Crippen LogP contribution >= 0.6 is 34.5 Å². The summed E-state index contributed by atoms with van der Waals surface area (Å²) >= 11 is 12.9. The van der Waals surface area contributed by atoms with Crippen LogP contribution in [-0.2, 0) is 10.1 Å². The topological polar surface area (TPSA) is 67.8 Å². The van der Waals surface area contributed by atoms with E-state index >= 15 is 0 Å². The van der Waals surface area contributed by atoms with Crippen molar-refractivity contribution in [3.63, 3.8) is 0 Å². The molecule has 2 aromatic rings. The van der Waals surface area contributed by atoms with Crippen LogP contribution in [0.2, 0.25) is 10.0 Å². The summed E-state index contributed by atoms with van der Waals surface area (Å²) in [5.41, 5.74) is 3.54. The van der Waals surface area contributed by atoms with Gasteiger partial charge in [-0.25, -0.2) is 0 Å². The van der Waals surface area contributed by atoms with Gasteiger partial charge in [0.1, 0.15) is 0 Å². The number of hydrazone groups is 1. The molecule has 0 spiro atoms. The Bertz CT molecular complexity index is 973. The van der Waals surface area contributed by atoms with Gasteiger partial charge in [-0.15, -0.1) is 11.3 Å². The predicted molar refractivity (Wildman–Crippen MR) is 102 cm³/mol. The largest absolute Gasteiger partial charge is 0.406 e. The van der Waals surface area contributed by atoms with Gasteiger partial charge in [-0.1, -0.05) is 29.3 Å². The lowest BCUT2D eigenvalue weighted by molar-refractivity contribution is -0.107. The van der Waals surface area contributed by atoms with E-state index in [0.29, 0.717) is 11.3 Å². The Balaban J connectivity index is 2.59. The molecule has 0 radical (unpaired) electrons. The molecular formula is C15H13Cl2F3N2O3S2. The first-order valence-corrected chi connectivity index (χ1v) is 10.4. The highest BCUT2D eigenvalue weighted by atomic mass is 35.5. The molecule has 148 valence electrons. The van der Waals surface area contributed by atoms with Gasteiger partial charge < -0.3 is 9.61 Å². The molecule has 12 heteroatoms. The number of hydrogen-bond acceptors (Lipinski definition) is 6. The lowest BCUT2D eigenvalue weighted by Gasteiger charge is -2.12. The van der Waals surface area contributed by atoms with Crippen LogP contribution in [-0.4, -0.2) is 33.1 Å². The molecule has 0 amide bonds. The zero-order valence-electron chi connectivity index (χ0n) is 13.9. The van der Waals surface area contributed by atoms with E-state index in [1.54, 1.807) is 13.0 Å². The molecule has 0 atom stereocenters. The summed E-state index contributed by atoms with van der Waals surface area (Å²) in [5.74, 6) is -2.36. The smallest absolute Gasteiger partial charge is 0.380 e. The van der Waals surface area contributed by atoms with Gasteiger partial charge in [0.15, 0.2) is 11.5 Å². The summed E-state index contributed by atoms with van der Waals surface area (Å²) in [7, 11) is -3.41. The Hall–Kier alpha value is -1.49. The Morgan fingerprint density at radius 1 is 1.30 bits per heavy atom. The van der Waals surface area contributed by atoms with Gasteiger partial charge in [0, 0.05) is 12.4 Å². The van der Waals surface area contributed by atoms with E-state index in [1.165, 1.54) is 24.6 Å². The SMILES string of the molecule is CN/N=C(\C)c1csc(-c2ccc(Cl)c(Cl)c2)c1OS(=O)(=O)CC(F)(F)F. The number of nitrogens with one attached hydrogen (secondary N) is 1. The fraction of sp³-hybridized carbons (Fsp3) is 0.267. The maximum absolute atomic E-state index is 12.6. The fourth-order valence-electron chi connectivity index (χ4n) is 2.10. The summed E-state index contributed by atoms with van der Waals surface area (Å²) in [6.45, 7) is 1.56. The van der Waals surface area contributed by atoms with Crippen LogP contribution in [0.5, 0.6) is 5.75 Å². The Morgan fingerprint density at radius 3 is 2.52 bits per heavy atom. The van der Waals surface area contributed by atoms with E-state index in [1.807, 2.05) is 0 Å². The molecule has 0 aliphatic rings. The molecule has 0 saturated carbocycles. The molecule has 0 aliphatic heterocycles. The Labute approximate surface area is 167 Å². The summed E-state index contributed by atoms with van der Waals surface area (Å²) < 4.78 is 66.3. The lowest BCUT2D eigenvalue weighted by atomic mass is 10.1. The summed E-state index contributed by atoms with van der Waals surface area (Å²) in [5, 5.41) is 5.94. The van der Waals surface area contributed by atoms with Crippen molar-refractivity contribution in [1.29, 1.82) is 0 Å². The molecule has 1 heterocycles. The van der Waals surface area contributed by atoms with Gasteiger partial charge in [0.25, 0.3) is 0 Å². The minimum atomic E-state index is -4.94. The van der Waals surface area contributed by atoms with Gasteiger partial charge >= 0.3 is 16.3 Å². The van der Waals surface area contributed by atoms with Crippen molar-refractivity contribution < 1.29 is 25.8 Å². The average molecular weight is 461 g/mol. The van der Waals surface area contributed by atoms with Gasteiger partial charge in [-0.2, -0.15) is 26.7 Å². The van der Waals surface area contributed by atoms with Crippen LogP contribution in [0, 0.1) is 0 Å². The maximum atomic E-state index is 12.6. The second kappa shape index (κ2) is 8.26. The van der Waals surface area contributed by atoms with Crippen LogP contribution in [0.15, 0.2) is 28.7 Å². The van der Waals surface area contributed by atoms with Crippen molar-refractivity contribution in [2.75, 3.05) is 12.8 Å². The molecular weight excluding hydrogens is 448 g/mol. The highest BCUT2D eigenvalue weighted by Crippen LogP contribution is 2.42. The van der Waals surface area contributed by atoms with Crippen molar-refractivity contribution in [3.8, 4) is 16.2 Å². The summed E-state index contributed by atoms with van der Waals surface area (Å²) in [6.07, 6.45) is -4.94. The van der Waals surface area contributed by atoms with Crippen LogP contribution in [0.3, 0.4) is 0 Å². The zero-order chi connectivity index (χ0) is 20.4. The minimum Gasteiger partial charge on any atom is -0.380 e. The van der Waals surface area contributed by atoms with Gasteiger partial charge in [0.2, 0.25) is 0 Å². The molecule has 0 aliphatic carbocycles. The predicted octanol–water partition coefficient (Wildman–Crippen LogP) is 4.94. The van der Waals surface area contributed by atoms with Gasteiger partial charge in [-0.3, -0.25) is 0 Å². The molecule has 0 fully saturated rings. The number of alkyl halides is 3. The van der Waals surface area contributed by atoms with E-state index in [9.17, 15) is 21.6 Å². The van der Waals surface area contributed by atoms with Crippen molar-refractivity contribution in [2.24, 2.45) is 5.10 Å². The van der Waals surface area contributed by atoms with Crippen molar-refractivity contribution in [2.45, 2.75) is 13.1 Å². The third-order valence-electron chi connectivity index (χ3n) is 3.15. The highest BCUT2D eigenvalue weighted by Gasteiger charge is 2.37. The number of rotatable bonds is 6. The molecule has 5 nitrogen and oxygen atoms in total. The first-order valence-electron chi connectivity index (χ1n) is 7.21. The fourth-order valence-corrected chi connectivity index (χ4v) is 4.37. The first kappa shape index (κ1) is 21.8. The first-order chi connectivity index (χ1) is 12.4. The zero-order valence-corrected chi connectivity index (χ0v) is 17.0. The van der Waals surface area contributed by atoms with Crippen LogP contribution < -0.4 is 9.61 Å². The number of halogens is 5. The van der Waals surface area contributed by atoms with Crippen LogP contribution in [0.4, 0.5) is 13.2 Å². The van der Waals surface area contributed by atoms with Gasteiger partial charge in [-0.05, 0) is 24.6 Å². The molecule has 0 saturated heterocycles. The standard InChI is InChI=1S/C15H13Cl2F3N2O3S2/c1-8(22-21-2)10-6-26-14(9-3-4-11(16)12(17)5-9)13(10)25-27(23,24)7-15(18,19)20/h3-6,21H,7H2,1-2H3/b22-8+. The number of thiophene rings is 1. The maximum Gasteiger partial charge on any atom is 0.406 e. The number of benzene rings is 1. The molecule has 0 unspecified atom stereocenters. The molecule has 1 aromatic heterocycles. The Kier molecular flexibility index (Phi) is 6.67. The number of hydrogen-bond donors (Lipinski definition) is 1. The van der Waals surface area contributed by atoms with Crippen molar-refractivity contribution in [3.05, 3.63) is 39.2 Å². The van der Waals surface area contributed by atoms with Crippen molar-refractivity contribution in [1.82, 2.24) is 5.43 Å². The van der Waals surface area contributed by atoms with E-state index in [-0.39, 0.29) is 26.2 Å². The second-order valence-corrected chi connectivity index (χ2v) is 8.52. The highest BCUT2D eigenvalue weighted by molar-refractivity contribution is 7.87. The Morgan fingerprint density at radius 2 is 1.96 bits per heavy atom. The molecule has 1 N–H and O–H groups in total. The minimum absolute atomic E-state index is 0.203. The van der Waals surface area contributed by atoms with E-state index in [4.69, 9.17) is 27.4 Å². The normalized spacial score (nSPS) is 12.9. The molecule has 2 rings (SSSR count). The van der Waals surface area contributed by atoms with E-state index in [2.05, 4.69) is 10.5 Å². The van der Waals surface area contributed by atoms with Gasteiger partial charge in [0.05, 0.1) is 26.2 Å². The monoisotopic (exact) mass is 460 g/mol. The average Bonchev–Trinajstić information content (AvgIpc) is 2.90. The molecule has 0 bridgehead atoms. The van der Waals surface area contributed by atoms with E-state index in [0.717, 1.165) is 11.3 Å².